The van der Waals surface area contributed by atoms with Gasteiger partial charge in [0.25, 0.3) is 0 Å². The van der Waals surface area contributed by atoms with Crippen LogP contribution in [0.3, 0.4) is 0 Å². The fourth-order valence-corrected chi connectivity index (χ4v) is 3.80. The van der Waals surface area contributed by atoms with Gasteiger partial charge in [0, 0.05) is 32.4 Å². The van der Waals surface area contributed by atoms with Crippen LogP contribution in [-0.4, -0.2) is 67.2 Å². The fraction of sp³-hybridized carbons (Fsp3) is 0.769. The number of likely N-dealkylation sites (N-methyl/N-ethyl adjacent to an activating group) is 2. The van der Waals surface area contributed by atoms with E-state index in [0.717, 1.165) is 25.8 Å². The maximum Gasteiger partial charge on any atom is 0.245 e. The van der Waals surface area contributed by atoms with Crippen LogP contribution < -0.4 is 5.73 Å². The fourth-order valence-electron chi connectivity index (χ4n) is 2.64. The van der Waals surface area contributed by atoms with Gasteiger partial charge in [-0.25, -0.2) is 8.42 Å². The number of aromatic nitrogens is 2. The van der Waals surface area contributed by atoms with Gasteiger partial charge in [0.15, 0.2) is 0 Å². The Morgan fingerprint density at radius 3 is 2.90 bits per heavy atom. The van der Waals surface area contributed by atoms with Crippen LogP contribution in [0.5, 0.6) is 0 Å². The van der Waals surface area contributed by atoms with E-state index in [-0.39, 0.29) is 4.90 Å². The predicted octanol–water partition coefficient (Wildman–Crippen LogP) is -0.0534. The minimum absolute atomic E-state index is 0.252. The Hall–Kier alpha value is -0.960. The average molecular weight is 315 g/mol. The third kappa shape index (κ3) is 3.82. The van der Waals surface area contributed by atoms with Crippen LogP contribution in [0.1, 0.15) is 19.3 Å². The van der Waals surface area contributed by atoms with E-state index in [1.807, 2.05) is 7.05 Å². The number of hydrogen-bond acceptors (Lipinski definition) is 5. The van der Waals surface area contributed by atoms with Crippen molar-refractivity contribution in [3.8, 4) is 0 Å². The molecule has 2 N–H and O–H groups in total. The molecule has 1 fully saturated rings. The molecule has 1 aromatic rings. The van der Waals surface area contributed by atoms with Crippen LogP contribution in [0.2, 0.25) is 0 Å². The first-order valence-electron chi connectivity index (χ1n) is 7.34. The van der Waals surface area contributed by atoms with E-state index in [0.29, 0.717) is 25.7 Å². The van der Waals surface area contributed by atoms with Gasteiger partial charge in [-0.1, -0.05) is 0 Å². The van der Waals surface area contributed by atoms with E-state index >= 15 is 0 Å². The highest BCUT2D eigenvalue weighted by atomic mass is 32.2. The molecule has 7 nitrogen and oxygen atoms in total. The molecular formula is C13H25N5O2S. The molecule has 0 spiro atoms. The number of likely N-dealkylation sites (tertiary alicyclic amines) is 1. The topological polar surface area (TPSA) is 84.5 Å². The summed E-state index contributed by atoms with van der Waals surface area (Å²) in [6.45, 7) is 2.76. The molecule has 1 aliphatic rings. The first-order chi connectivity index (χ1) is 9.95. The van der Waals surface area contributed by atoms with Crippen molar-refractivity contribution >= 4 is 10.0 Å². The zero-order valence-electron chi connectivity index (χ0n) is 12.8. The largest absolute Gasteiger partial charge is 0.330 e. The molecule has 1 aliphatic heterocycles. The summed E-state index contributed by atoms with van der Waals surface area (Å²) in [5.41, 5.74) is 5.45. The molecule has 0 aliphatic carbocycles. The molecule has 2 rings (SSSR count). The second-order valence-electron chi connectivity index (χ2n) is 5.64. The van der Waals surface area contributed by atoms with Crippen molar-refractivity contribution in [2.75, 3.05) is 33.7 Å². The van der Waals surface area contributed by atoms with Crippen molar-refractivity contribution in [3.05, 3.63) is 12.4 Å². The minimum Gasteiger partial charge on any atom is -0.330 e. The number of rotatable bonds is 7. The minimum atomic E-state index is -3.46. The van der Waals surface area contributed by atoms with E-state index in [1.165, 1.54) is 10.5 Å². The lowest BCUT2D eigenvalue weighted by atomic mass is 10.2. The highest BCUT2D eigenvalue weighted by molar-refractivity contribution is 7.89. The average Bonchev–Trinajstić information content (AvgIpc) is 3.06. The molecule has 1 unspecified atom stereocenters. The zero-order valence-corrected chi connectivity index (χ0v) is 13.6. The summed E-state index contributed by atoms with van der Waals surface area (Å²) in [6, 6.07) is 0.303. The predicted molar refractivity (Wildman–Crippen MR) is 81.4 cm³/mol. The van der Waals surface area contributed by atoms with E-state index in [2.05, 4.69) is 10.00 Å². The number of aryl methyl sites for hydroxylation is 1. The highest BCUT2D eigenvalue weighted by Crippen LogP contribution is 2.19. The molecule has 0 bridgehead atoms. The monoisotopic (exact) mass is 315 g/mol. The van der Waals surface area contributed by atoms with Crippen LogP contribution in [0.4, 0.5) is 0 Å². The van der Waals surface area contributed by atoms with Gasteiger partial charge in [0.2, 0.25) is 10.0 Å². The maximum absolute atomic E-state index is 12.5. The molecule has 0 aromatic carbocycles. The van der Waals surface area contributed by atoms with Gasteiger partial charge in [-0.3, -0.25) is 4.68 Å². The van der Waals surface area contributed by atoms with Gasteiger partial charge in [0.1, 0.15) is 4.90 Å². The lowest BCUT2D eigenvalue weighted by molar-refractivity contribution is 0.271. The molecule has 1 saturated heterocycles. The summed E-state index contributed by atoms with van der Waals surface area (Å²) in [5.74, 6) is 0. The summed E-state index contributed by atoms with van der Waals surface area (Å²) >= 11 is 0. The summed E-state index contributed by atoms with van der Waals surface area (Å²) in [4.78, 5) is 2.47. The summed E-state index contributed by atoms with van der Waals surface area (Å²) in [7, 11) is 0.220. The second-order valence-corrected chi connectivity index (χ2v) is 7.69. The Balaban J connectivity index is 2.04. The Labute approximate surface area is 126 Å². The molecule has 2 heterocycles. The first kappa shape index (κ1) is 16.4. The van der Waals surface area contributed by atoms with E-state index in [1.54, 1.807) is 17.9 Å². The lowest BCUT2D eigenvalue weighted by Crippen LogP contribution is -2.39. The van der Waals surface area contributed by atoms with Crippen molar-refractivity contribution in [3.63, 3.8) is 0 Å². The van der Waals surface area contributed by atoms with Crippen molar-refractivity contribution in [1.29, 1.82) is 0 Å². The van der Waals surface area contributed by atoms with Crippen LogP contribution in [0, 0.1) is 0 Å². The maximum atomic E-state index is 12.5. The summed E-state index contributed by atoms with van der Waals surface area (Å²) in [6.07, 6.45) is 5.96. The number of nitrogens with zero attached hydrogens (tertiary/aromatic N) is 4. The number of nitrogens with two attached hydrogens (primary N) is 1. The standard InChI is InChI=1S/C13H25N5O2S/c1-16-7-3-5-12(16)10-17(2)21(19,20)13-9-15-18(11-13)8-4-6-14/h9,11-12H,3-8,10,14H2,1-2H3. The SMILES string of the molecule is CN1CCCC1CN(C)S(=O)(=O)c1cnn(CCCN)c1. The van der Waals surface area contributed by atoms with Gasteiger partial charge in [-0.2, -0.15) is 9.40 Å². The van der Waals surface area contributed by atoms with Gasteiger partial charge >= 0.3 is 0 Å². The molecule has 0 amide bonds. The highest BCUT2D eigenvalue weighted by Gasteiger charge is 2.28. The molecular weight excluding hydrogens is 290 g/mol. The third-order valence-electron chi connectivity index (χ3n) is 4.05. The zero-order chi connectivity index (χ0) is 15.5. The van der Waals surface area contributed by atoms with Crippen LogP contribution in [0.15, 0.2) is 17.3 Å². The molecule has 1 aromatic heterocycles. The van der Waals surface area contributed by atoms with E-state index in [4.69, 9.17) is 5.73 Å². The van der Waals surface area contributed by atoms with Crippen molar-refractivity contribution in [2.45, 2.75) is 36.7 Å². The van der Waals surface area contributed by atoms with Gasteiger partial charge in [0.05, 0.1) is 6.20 Å². The Morgan fingerprint density at radius 2 is 2.29 bits per heavy atom. The summed E-state index contributed by atoms with van der Waals surface area (Å²) < 4.78 is 28.2. The van der Waals surface area contributed by atoms with E-state index in [9.17, 15) is 8.42 Å². The Bertz CT molecular complexity index is 557. The second kappa shape index (κ2) is 6.87. The molecule has 120 valence electrons. The molecule has 1 atom stereocenters. The van der Waals surface area contributed by atoms with E-state index < -0.39 is 10.0 Å². The summed E-state index contributed by atoms with van der Waals surface area (Å²) in [5, 5.41) is 4.09. The Kier molecular flexibility index (Phi) is 5.37. The normalized spacial score (nSPS) is 20.5. The van der Waals surface area contributed by atoms with Gasteiger partial charge in [-0.15, -0.1) is 0 Å². The Morgan fingerprint density at radius 1 is 1.52 bits per heavy atom. The van der Waals surface area contributed by atoms with Crippen LogP contribution in [-0.2, 0) is 16.6 Å². The smallest absolute Gasteiger partial charge is 0.245 e. The molecule has 0 saturated carbocycles. The third-order valence-corrected chi connectivity index (χ3v) is 5.82. The number of sulfonamides is 1. The number of hydrogen-bond donors (Lipinski definition) is 1. The molecule has 21 heavy (non-hydrogen) atoms. The van der Waals surface area contributed by atoms with Gasteiger partial charge in [-0.05, 0) is 39.4 Å². The molecule has 8 heteroatoms. The lowest BCUT2D eigenvalue weighted by Gasteiger charge is -2.24. The quantitative estimate of drug-likeness (QED) is 0.762. The van der Waals surface area contributed by atoms with Gasteiger partial charge < -0.3 is 10.6 Å². The first-order valence-corrected chi connectivity index (χ1v) is 8.78. The van der Waals surface area contributed by atoms with Crippen molar-refractivity contribution in [1.82, 2.24) is 19.0 Å². The van der Waals surface area contributed by atoms with Crippen molar-refractivity contribution in [2.24, 2.45) is 5.73 Å². The van der Waals surface area contributed by atoms with Crippen molar-refractivity contribution < 1.29 is 8.42 Å². The molecule has 0 radical (unpaired) electrons. The van der Waals surface area contributed by atoms with Crippen LogP contribution in [0.25, 0.3) is 0 Å². The van der Waals surface area contributed by atoms with Crippen LogP contribution >= 0.6 is 0 Å².